The van der Waals surface area contributed by atoms with Crippen molar-refractivity contribution in [3.63, 3.8) is 0 Å². The van der Waals surface area contributed by atoms with Crippen LogP contribution < -0.4 is 5.32 Å². The van der Waals surface area contributed by atoms with Crippen molar-refractivity contribution in [1.82, 2.24) is 5.32 Å². The number of allylic oxidation sites excluding steroid dienone is 2. The number of rotatable bonds is 7. The Kier molecular flexibility index (Phi) is 9.97. The topological polar surface area (TPSA) is 95.9 Å². The van der Waals surface area contributed by atoms with E-state index in [2.05, 4.69) is 52.9 Å². The van der Waals surface area contributed by atoms with E-state index in [0.29, 0.717) is 42.2 Å². The van der Waals surface area contributed by atoms with E-state index in [1.54, 1.807) is 0 Å². The lowest BCUT2D eigenvalue weighted by molar-refractivity contribution is -0.234. The number of fused-ring (bicyclic) bond motifs is 5. The van der Waals surface area contributed by atoms with Gasteiger partial charge < -0.3 is 20.3 Å². The summed E-state index contributed by atoms with van der Waals surface area (Å²) in [7, 11) is 0. The first-order chi connectivity index (χ1) is 21.5. The van der Waals surface area contributed by atoms with E-state index in [-0.39, 0.29) is 58.0 Å². The number of benzene rings is 1. The van der Waals surface area contributed by atoms with E-state index in [4.69, 9.17) is 16.3 Å². The largest absolute Gasteiger partial charge is 0.458 e. The smallest absolute Gasteiger partial charge is 0.303 e. The predicted octanol–water partition coefficient (Wildman–Crippen LogP) is 8.11. The Bertz CT molecular complexity index is 1400. The van der Waals surface area contributed by atoms with Gasteiger partial charge in [0.25, 0.3) is 0 Å². The van der Waals surface area contributed by atoms with Crippen molar-refractivity contribution in [2.75, 3.05) is 0 Å². The van der Waals surface area contributed by atoms with Crippen LogP contribution in [0.1, 0.15) is 118 Å². The summed E-state index contributed by atoms with van der Waals surface area (Å²) in [4.78, 5) is 27.0. The summed E-state index contributed by atoms with van der Waals surface area (Å²) in [6.45, 7) is 16.7. The molecular formula is C39H56ClNO5. The fourth-order valence-electron chi connectivity index (χ4n) is 11.0. The number of carbonyl (C=O) groups excluding carboxylic acids is 2. The molecule has 4 aliphatic carbocycles. The molecule has 0 bridgehead atoms. The number of hydrogen-bond donors (Lipinski definition) is 3. The number of aliphatic hydroxyl groups excluding tert-OH is 2. The molecule has 1 amide bonds. The van der Waals surface area contributed by atoms with Gasteiger partial charge in [0.05, 0.1) is 18.2 Å². The number of ether oxygens (including phenoxy) is 1. The Hall–Kier alpha value is -2.15. The van der Waals surface area contributed by atoms with Crippen LogP contribution in [0.15, 0.2) is 47.1 Å². The zero-order valence-corrected chi connectivity index (χ0v) is 29.9. The number of esters is 1. The SMILES string of the molecule is CC(=O)O[C@H]1C[C@@]2(C)[C@@H](C[C@@H](O)[C@H]3[C@@]4(C)CC[C@@H](O)[C@@H](C)[C@@H]4CC[C@@]32C)/C1=C(\CCC=C(C)C)C(=O)N[C@@H](C)c1ccccc1Cl. The normalized spacial score (nSPS) is 40.1. The number of halogens is 1. The first-order valence-corrected chi connectivity index (χ1v) is 17.9. The summed E-state index contributed by atoms with van der Waals surface area (Å²) in [6.07, 6.45) is 6.70. The molecule has 1 aromatic rings. The molecule has 5 rings (SSSR count). The number of hydrogen-bond acceptors (Lipinski definition) is 5. The van der Waals surface area contributed by atoms with Crippen LogP contribution in [0.4, 0.5) is 0 Å². The van der Waals surface area contributed by atoms with Crippen molar-refractivity contribution in [2.24, 2.45) is 39.9 Å². The molecule has 0 saturated heterocycles. The number of nitrogens with one attached hydrogen (secondary N) is 1. The standard InChI is InChI=1S/C39H56ClNO5/c1-22(2)12-11-14-27(36(45)41-24(4)26-13-9-10-15-30(26)40)34-29-20-32(44)35-37(6)18-17-31(43)23(3)28(37)16-19-38(35,7)39(29,8)21-33(34)46-25(5)42/h9-10,12-13,15,23-24,28-29,31-33,35,43-44H,11,14,16-21H2,1-8H3,(H,41,45)/b34-27-/t23-,24-,28-,29-,31+,32+,33-,35-,37-,38-,39-/m0/s1. The van der Waals surface area contributed by atoms with E-state index in [1.165, 1.54) is 12.5 Å². The van der Waals surface area contributed by atoms with E-state index in [0.717, 1.165) is 36.8 Å². The molecule has 0 aromatic heterocycles. The first-order valence-electron chi connectivity index (χ1n) is 17.5. The van der Waals surface area contributed by atoms with Crippen molar-refractivity contribution in [1.29, 1.82) is 0 Å². The molecule has 3 N–H and O–H groups in total. The third-order valence-corrected chi connectivity index (χ3v) is 13.6. The molecule has 7 heteroatoms. The maximum Gasteiger partial charge on any atom is 0.303 e. The maximum absolute atomic E-state index is 14.4. The summed E-state index contributed by atoms with van der Waals surface area (Å²) in [5.74, 6) is -0.0379. The van der Waals surface area contributed by atoms with Gasteiger partial charge in [0.1, 0.15) is 6.10 Å². The maximum atomic E-state index is 14.4. The minimum atomic E-state index is -0.562. The van der Waals surface area contributed by atoms with E-state index < -0.39 is 12.2 Å². The highest BCUT2D eigenvalue weighted by Gasteiger charge is 2.70. The Morgan fingerprint density at radius 2 is 1.76 bits per heavy atom. The van der Waals surface area contributed by atoms with Crippen LogP contribution in [0.5, 0.6) is 0 Å². The highest BCUT2D eigenvalue weighted by molar-refractivity contribution is 6.31. The summed E-state index contributed by atoms with van der Waals surface area (Å²) in [5, 5.41) is 26.9. The molecule has 4 saturated carbocycles. The summed E-state index contributed by atoms with van der Waals surface area (Å²) in [6, 6.07) is 7.23. The molecule has 1 aromatic carbocycles. The van der Waals surface area contributed by atoms with Gasteiger partial charge in [0, 0.05) is 17.5 Å². The van der Waals surface area contributed by atoms with Gasteiger partial charge in [-0.25, -0.2) is 0 Å². The van der Waals surface area contributed by atoms with Crippen molar-refractivity contribution in [3.05, 3.63) is 57.6 Å². The average molecular weight is 654 g/mol. The second-order valence-corrected chi connectivity index (χ2v) is 16.5. The Balaban J connectivity index is 1.60. The van der Waals surface area contributed by atoms with Crippen LogP contribution in [-0.4, -0.2) is 40.4 Å². The Morgan fingerprint density at radius 1 is 1.07 bits per heavy atom. The molecule has 11 atom stereocenters. The van der Waals surface area contributed by atoms with Gasteiger partial charge in [-0.3, -0.25) is 9.59 Å². The third-order valence-electron chi connectivity index (χ3n) is 13.3. The molecule has 0 radical (unpaired) electrons. The molecule has 4 aliphatic rings. The summed E-state index contributed by atoms with van der Waals surface area (Å²) >= 11 is 6.52. The number of aliphatic hydroxyl groups is 2. The van der Waals surface area contributed by atoms with Gasteiger partial charge in [-0.2, -0.15) is 0 Å². The van der Waals surface area contributed by atoms with E-state index in [1.807, 2.05) is 31.2 Å². The van der Waals surface area contributed by atoms with Crippen LogP contribution in [-0.2, 0) is 14.3 Å². The zero-order chi connectivity index (χ0) is 33.8. The summed E-state index contributed by atoms with van der Waals surface area (Å²) in [5.41, 5.74) is 2.95. The minimum absolute atomic E-state index is 0.0514. The van der Waals surface area contributed by atoms with Gasteiger partial charge in [-0.05, 0) is 129 Å². The fraction of sp³-hybridized carbons (Fsp3) is 0.692. The molecule has 6 nitrogen and oxygen atoms in total. The molecular weight excluding hydrogens is 598 g/mol. The Morgan fingerprint density at radius 3 is 2.41 bits per heavy atom. The van der Waals surface area contributed by atoms with Gasteiger partial charge in [-0.1, -0.05) is 69.1 Å². The average Bonchev–Trinajstić information content (AvgIpc) is 3.24. The highest BCUT2D eigenvalue weighted by atomic mass is 35.5. The molecule has 0 aliphatic heterocycles. The van der Waals surface area contributed by atoms with Crippen LogP contribution in [0.25, 0.3) is 0 Å². The molecule has 0 unspecified atom stereocenters. The number of carbonyl (C=O) groups is 2. The number of amides is 1. The quantitative estimate of drug-likeness (QED) is 0.157. The molecule has 4 fully saturated rings. The first kappa shape index (κ1) is 35.2. The lowest BCUT2D eigenvalue weighted by Crippen LogP contribution is -2.65. The molecule has 0 spiro atoms. The lowest BCUT2D eigenvalue weighted by Gasteiger charge is -2.69. The van der Waals surface area contributed by atoms with Gasteiger partial charge in [-0.15, -0.1) is 0 Å². The van der Waals surface area contributed by atoms with Crippen LogP contribution in [0, 0.1) is 39.9 Å². The van der Waals surface area contributed by atoms with Crippen LogP contribution >= 0.6 is 11.6 Å². The fourth-order valence-corrected chi connectivity index (χ4v) is 11.3. The second kappa shape index (κ2) is 13.0. The van der Waals surface area contributed by atoms with E-state index in [9.17, 15) is 19.8 Å². The van der Waals surface area contributed by atoms with Crippen LogP contribution in [0.2, 0.25) is 5.02 Å². The van der Waals surface area contributed by atoms with Gasteiger partial charge in [0.15, 0.2) is 0 Å². The summed E-state index contributed by atoms with van der Waals surface area (Å²) < 4.78 is 6.14. The van der Waals surface area contributed by atoms with Crippen molar-refractivity contribution >= 4 is 23.5 Å². The van der Waals surface area contributed by atoms with Crippen molar-refractivity contribution < 1.29 is 24.5 Å². The minimum Gasteiger partial charge on any atom is -0.458 e. The third kappa shape index (κ3) is 5.89. The van der Waals surface area contributed by atoms with E-state index >= 15 is 0 Å². The van der Waals surface area contributed by atoms with Gasteiger partial charge in [0.2, 0.25) is 5.91 Å². The molecule has 254 valence electrons. The molecule has 0 heterocycles. The van der Waals surface area contributed by atoms with Crippen LogP contribution in [0.3, 0.4) is 0 Å². The van der Waals surface area contributed by atoms with Crippen molar-refractivity contribution in [2.45, 2.75) is 131 Å². The predicted molar refractivity (Wildman–Crippen MR) is 183 cm³/mol. The monoisotopic (exact) mass is 653 g/mol. The second-order valence-electron chi connectivity index (χ2n) is 16.1. The highest BCUT2D eigenvalue weighted by Crippen LogP contribution is 2.74. The zero-order valence-electron chi connectivity index (χ0n) is 29.2. The van der Waals surface area contributed by atoms with Gasteiger partial charge >= 0.3 is 5.97 Å². The molecule has 46 heavy (non-hydrogen) atoms. The van der Waals surface area contributed by atoms with Crippen molar-refractivity contribution in [3.8, 4) is 0 Å². The lowest BCUT2D eigenvalue weighted by atomic mass is 9.36. The Labute approximate surface area is 281 Å².